The second-order valence-corrected chi connectivity index (χ2v) is 6.55. The standard InChI is InChI=1S/C18H20F3N5O5/c19-18(20,21)16(29)31-13(27)2-1-8-24-17(30)25-12-7-9-26(15(12)28)11-5-3-10(4-6-11)14(22)23/h3-6,12H,1-2,7-9H2,(H3,22,23)(H2,24,25,30). The number of carbonyl (C=O) groups excluding carboxylic acids is 4. The van der Waals surface area contributed by atoms with Crippen molar-refractivity contribution in [2.45, 2.75) is 31.5 Å². The van der Waals surface area contributed by atoms with E-state index in [0.717, 1.165) is 0 Å². The van der Waals surface area contributed by atoms with Crippen LogP contribution in [0.2, 0.25) is 0 Å². The topological polar surface area (TPSA) is 155 Å². The van der Waals surface area contributed by atoms with Gasteiger partial charge in [-0.05, 0) is 37.1 Å². The molecule has 168 valence electrons. The van der Waals surface area contributed by atoms with E-state index in [1.165, 1.54) is 4.90 Å². The second kappa shape index (κ2) is 9.91. The van der Waals surface area contributed by atoms with Gasteiger partial charge < -0.3 is 26.0 Å². The third-order valence-corrected chi connectivity index (χ3v) is 4.28. The summed E-state index contributed by atoms with van der Waals surface area (Å²) in [5.74, 6) is -4.39. The fourth-order valence-electron chi connectivity index (χ4n) is 2.75. The van der Waals surface area contributed by atoms with Gasteiger partial charge in [-0.1, -0.05) is 0 Å². The molecule has 1 aliphatic heterocycles. The number of hydrogen-bond acceptors (Lipinski definition) is 6. The number of amides is 3. The van der Waals surface area contributed by atoms with E-state index >= 15 is 0 Å². The molecular formula is C18H20F3N5O5. The number of carbonyl (C=O) groups is 4. The summed E-state index contributed by atoms with van der Waals surface area (Å²) in [6.45, 7) is 0.278. The summed E-state index contributed by atoms with van der Waals surface area (Å²) >= 11 is 0. The Morgan fingerprint density at radius 3 is 2.45 bits per heavy atom. The van der Waals surface area contributed by atoms with Gasteiger partial charge in [0, 0.05) is 30.8 Å². The fraction of sp³-hybridized carbons (Fsp3) is 0.389. The number of anilines is 1. The number of benzene rings is 1. The predicted molar refractivity (Wildman–Crippen MR) is 101 cm³/mol. The highest BCUT2D eigenvalue weighted by molar-refractivity contribution is 6.02. The number of ether oxygens (including phenoxy) is 1. The van der Waals surface area contributed by atoms with Crippen molar-refractivity contribution in [1.82, 2.24) is 10.6 Å². The first-order valence-corrected chi connectivity index (χ1v) is 9.11. The maximum Gasteiger partial charge on any atom is 0.491 e. The first-order chi connectivity index (χ1) is 14.5. The summed E-state index contributed by atoms with van der Waals surface area (Å²) in [5, 5.41) is 12.2. The third-order valence-electron chi connectivity index (χ3n) is 4.28. The van der Waals surface area contributed by atoms with E-state index in [-0.39, 0.29) is 24.7 Å². The Balaban J connectivity index is 1.73. The second-order valence-electron chi connectivity index (χ2n) is 6.55. The van der Waals surface area contributed by atoms with Crippen LogP contribution < -0.4 is 21.3 Å². The predicted octanol–water partition coefficient (Wildman–Crippen LogP) is 0.787. The Labute approximate surface area is 174 Å². The lowest BCUT2D eigenvalue weighted by molar-refractivity contribution is -0.201. The van der Waals surface area contributed by atoms with E-state index < -0.39 is 36.6 Å². The maximum atomic E-state index is 12.5. The minimum absolute atomic E-state index is 0.0649. The Bertz CT molecular complexity index is 872. The van der Waals surface area contributed by atoms with Gasteiger partial charge in [0.25, 0.3) is 0 Å². The van der Waals surface area contributed by atoms with Crippen LogP contribution in [0.15, 0.2) is 24.3 Å². The fourth-order valence-corrected chi connectivity index (χ4v) is 2.75. The number of halogens is 3. The van der Waals surface area contributed by atoms with Gasteiger partial charge in [0.2, 0.25) is 5.91 Å². The van der Waals surface area contributed by atoms with Crippen molar-refractivity contribution in [2.75, 3.05) is 18.0 Å². The van der Waals surface area contributed by atoms with Crippen molar-refractivity contribution in [3.05, 3.63) is 29.8 Å². The van der Waals surface area contributed by atoms with Crippen molar-refractivity contribution in [3.63, 3.8) is 0 Å². The summed E-state index contributed by atoms with van der Waals surface area (Å²) in [6, 6.07) is 5.02. The van der Waals surface area contributed by atoms with Gasteiger partial charge in [0.15, 0.2) is 0 Å². The first-order valence-electron chi connectivity index (χ1n) is 9.11. The Kier molecular flexibility index (Phi) is 7.56. The number of hydrogen-bond donors (Lipinski definition) is 4. The monoisotopic (exact) mass is 443 g/mol. The van der Waals surface area contributed by atoms with Gasteiger partial charge in [-0.2, -0.15) is 13.2 Å². The number of nitrogen functional groups attached to an aromatic ring is 1. The molecule has 1 aromatic rings. The van der Waals surface area contributed by atoms with Gasteiger partial charge in [-0.25, -0.2) is 9.59 Å². The molecule has 0 bridgehead atoms. The molecule has 1 saturated heterocycles. The first kappa shape index (κ1) is 23.6. The zero-order valence-corrected chi connectivity index (χ0v) is 16.1. The average Bonchev–Trinajstić information content (AvgIpc) is 3.04. The highest BCUT2D eigenvalue weighted by Crippen LogP contribution is 2.22. The van der Waals surface area contributed by atoms with E-state index in [1.54, 1.807) is 24.3 Å². The summed E-state index contributed by atoms with van der Waals surface area (Å²) in [7, 11) is 0. The molecule has 31 heavy (non-hydrogen) atoms. The molecule has 0 saturated carbocycles. The van der Waals surface area contributed by atoms with Crippen LogP contribution in [0.3, 0.4) is 0 Å². The van der Waals surface area contributed by atoms with Crippen LogP contribution in [-0.2, 0) is 19.1 Å². The van der Waals surface area contributed by atoms with Gasteiger partial charge in [0.1, 0.15) is 11.9 Å². The van der Waals surface area contributed by atoms with Crippen LogP contribution in [0.4, 0.5) is 23.7 Å². The zero-order chi connectivity index (χ0) is 23.2. The molecule has 0 aliphatic carbocycles. The van der Waals surface area contributed by atoms with Crippen LogP contribution in [0, 0.1) is 5.41 Å². The Morgan fingerprint density at radius 1 is 1.23 bits per heavy atom. The molecular weight excluding hydrogens is 423 g/mol. The molecule has 5 N–H and O–H groups in total. The summed E-state index contributed by atoms with van der Waals surface area (Å²) in [5.41, 5.74) is 6.49. The van der Waals surface area contributed by atoms with E-state index in [9.17, 15) is 32.3 Å². The molecule has 0 aromatic heterocycles. The minimum Gasteiger partial charge on any atom is -0.386 e. The number of nitrogens with zero attached hydrogens (tertiary/aromatic N) is 1. The quantitative estimate of drug-likeness (QED) is 0.161. The molecule has 13 heteroatoms. The molecule has 3 amide bonds. The highest BCUT2D eigenvalue weighted by atomic mass is 19.4. The smallest absolute Gasteiger partial charge is 0.386 e. The molecule has 1 fully saturated rings. The number of rotatable bonds is 7. The molecule has 1 unspecified atom stereocenters. The molecule has 1 aromatic carbocycles. The molecule has 0 spiro atoms. The van der Waals surface area contributed by atoms with E-state index in [0.29, 0.717) is 24.2 Å². The van der Waals surface area contributed by atoms with Gasteiger partial charge in [-0.15, -0.1) is 0 Å². The highest BCUT2D eigenvalue weighted by Gasteiger charge is 2.42. The normalized spacial score (nSPS) is 16.0. The minimum atomic E-state index is -5.26. The third kappa shape index (κ3) is 6.69. The largest absolute Gasteiger partial charge is 0.491 e. The van der Waals surface area contributed by atoms with E-state index in [4.69, 9.17) is 11.1 Å². The van der Waals surface area contributed by atoms with Crippen LogP contribution in [0.1, 0.15) is 24.8 Å². The Hall–Kier alpha value is -3.64. The molecule has 0 radical (unpaired) electrons. The van der Waals surface area contributed by atoms with Crippen molar-refractivity contribution in [1.29, 1.82) is 5.41 Å². The lowest BCUT2D eigenvalue weighted by Crippen LogP contribution is -2.46. The summed E-state index contributed by atoms with van der Waals surface area (Å²) in [4.78, 5) is 47.6. The van der Waals surface area contributed by atoms with Crippen LogP contribution in [0.25, 0.3) is 0 Å². The summed E-state index contributed by atoms with van der Waals surface area (Å²) in [6.07, 6.45) is -5.48. The van der Waals surface area contributed by atoms with Crippen molar-refractivity contribution in [3.8, 4) is 0 Å². The zero-order valence-electron chi connectivity index (χ0n) is 16.1. The number of amidine groups is 1. The Morgan fingerprint density at radius 2 is 1.87 bits per heavy atom. The van der Waals surface area contributed by atoms with E-state index in [2.05, 4.69) is 15.4 Å². The van der Waals surface area contributed by atoms with Crippen molar-refractivity contribution < 1.29 is 37.1 Å². The van der Waals surface area contributed by atoms with Gasteiger partial charge >= 0.3 is 24.1 Å². The maximum absolute atomic E-state index is 12.5. The molecule has 10 nitrogen and oxygen atoms in total. The number of nitrogens with one attached hydrogen (secondary N) is 3. The van der Waals surface area contributed by atoms with Crippen LogP contribution in [0.5, 0.6) is 0 Å². The molecule has 1 aliphatic rings. The molecule has 1 atom stereocenters. The lowest BCUT2D eigenvalue weighted by atomic mass is 10.2. The number of nitrogens with two attached hydrogens (primary N) is 1. The number of alkyl halides is 3. The van der Waals surface area contributed by atoms with Gasteiger partial charge in [-0.3, -0.25) is 15.0 Å². The van der Waals surface area contributed by atoms with Crippen molar-refractivity contribution in [2.24, 2.45) is 5.73 Å². The van der Waals surface area contributed by atoms with Gasteiger partial charge in [0.05, 0.1) is 0 Å². The van der Waals surface area contributed by atoms with Crippen molar-refractivity contribution >= 4 is 35.4 Å². The average molecular weight is 443 g/mol. The van der Waals surface area contributed by atoms with Crippen LogP contribution >= 0.6 is 0 Å². The molecule has 1 heterocycles. The molecule has 2 rings (SSSR count). The number of urea groups is 1. The van der Waals surface area contributed by atoms with Crippen LogP contribution in [-0.4, -0.2) is 55.0 Å². The van der Waals surface area contributed by atoms with E-state index in [1.807, 2.05) is 0 Å². The lowest BCUT2D eigenvalue weighted by Gasteiger charge is -2.18. The number of esters is 2. The summed E-state index contributed by atoms with van der Waals surface area (Å²) < 4.78 is 39.6. The SMILES string of the molecule is N=C(N)c1ccc(N2CCC(NC(=O)NCCCC(=O)OC(=O)C(F)(F)F)C2=O)cc1.